The molecule has 2 bridgehead atoms. The van der Waals surface area contributed by atoms with Gasteiger partial charge in [-0.25, -0.2) is 0 Å². The molecule has 2 N–H and O–H groups in total. The smallest absolute Gasteiger partial charge is 0.347 e. The minimum Gasteiger partial charge on any atom is -0.347 e. The molecule has 4 nitrogen and oxygen atoms in total. The number of nitrogens with one attached hydrogen (secondary N) is 2. The molecule has 1 amide bonds. The van der Waals surface area contributed by atoms with Gasteiger partial charge in [0, 0.05) is 22.5 Å². The molecule has 0 aliphatic carbocycles. The van der Waals surface area contributed by atoms with Gasteiger partial charge < -0.3 is 5.32 Å². The molecule has 0 spiro atoms. The molecular weight excluding hydrogens is 387 g/mol. The summed E-state index contributed by atoms with van der Waals surface area (Å²) in [6, 6.07) is 6.30. The molecule has 4 aliphatic rings. The number of hydrogen-bond acceptors (Lipinski definition) is 4. The highest BCUT2D eigenvalue weighted by atomic mass is 32.2. The van der Waals surface area contributed by atoms with E-state index in [2.05, 4.69) is 22.5 Å². The fourth-order valence-electron chi connectivity index (χ4n) is 4.69. The maximum atomic E-state index is 12.8. The minimum absolute atomic E-state index is 0.0710. The van der Waals surface area contributed by atoms with E-state index >= 15 is 0 Å². The maximum absolute atomic E-state index is 12.8. The van der Waals surface area contributed by atoms with Crippen LogP contribution in [0.25, 0.3) is 0 Å². The molecule has 1 aromatic rings. The number of halogens is 3. The Morgan fingerprint density at radius 3 is 2.39 bits per heavy atom. The van der Waals surface area contributed by atoms with Crippen LogP contribution in [0.4, 0.5) is 13.2 Å². The zero-order chi connectivity index (χ0) is 19.9. The predicted octanol–water partition coefficient (Wildman–Crippen LogP) is 3.63. The van der Waals surface area contributed by atoms with Crippen LogP contribution in [-0.2, 0) is 0 Å². The Hall–Kier alpha value is -1.25. The Balaban J connectivity index is 1.33. The summed E-state index contributed by atoms with van der Waals surface area (Å²) in [7, 11) is 0. The van der Waals surface area contributed by atoms with Crippen LogP contribution in [0.5, 0.6) is 0 Å². The lowest BCUT2D eigenvalue weighted by atomic mass is 9.79. The lowest BCUT2D eigenvalue weighted by Crippen LogP contribution is -2.62. The molecule has 2 unspecified atom stereocenters. The van der Waals surface area contributed by atoms with Crippen molar-refractivity contribution in [3.8, 4) is 0 Å². The third-order valence-electron chi connectivity index (χ3n) is 6.37. The van der Waals surface area contributed by atoms with Gasteiger partial charge in [0.2, 0.25) is 0 Å². The van der Waals surface area contributed by atoms with Gasteiger partial charge in [0.25, 0.3) is 5.91 Å². The standard InChI is InChI=1S/C20H26F3N3OS/c1-12-18(13-8-10-26(12)11-9-13)25-19(27)14-2-4-15(5-3-14)28-17-7-6-16(24-17)20(21,22)23/h2-5,12-13,16-18,24H,6-11H2,1H3,(H,25,27)/t12-,16?,17?,18-/m0/s1. The molecule has 4 heterocycles. The molecule has 0 radical (unpaired) electrons. The minimum atomic E-state index is -4.19. The number of piperidine rings is 3. The van der Waals surface area contributed by atoms with Crippen LogP contribution in [0.1, 0.15) is 43.0 Å². The van der Waals surface area contributed by atoms with Crippen LogP contribution < -0.4 is 10.6 Å². The molecular formula is C20H26F3N3OS. The largest absolute Gasteiger partial charge is 0.403 e. The summed E-state index contributed by atoms with van der Waals surface area (Å²) < 4.78 is 38.3. The van der Waals surface area contributed by atoms with E-state index in [1.807, 2.05) is 12.1 Å². The highest BCUT2D eigenvalue weighted by Gasteiger charge is 2.44. The number of carbonyl (C=O) groups is 1. The average molecular weight is 414 g/mol. The average Bonchev–Trinajstić information content (AvgIpc) is 3.14. The summed E-state index contributed by atoms with van der Waals surface area (Å²) in [6.07, 6.45) is -1.33. The Morgan fingerprint density at radius 1 is 1.14 bits per heavy atom. The molecule has 28 heavy (non-hydrogen) atoms. The van der Waals surface area contributed by atoms with Gasteiger partial charge in [-0.15, -0.1) is 11.8 Å². The number of carbonyl (C=O) groups excluding carboxylic acids is 1. The van der Waals surface area contributed by atoms with Crippen LogP contribution in [0.3, 0.4) is 0 Å². The van der Waals surface area contributed by atoms with Crippen molar-refractivity contribution < 1.29 is 18.0 Å². The van der Waals surface area contributed by atoms with Crippen molar-refractivity contribution in [1.82, 2.24) is 15.5 Å². The lowest BCUT2D eigenvalue weighted by molar-refractivity contribution is -0.152. The van der Waals surface area contributed by atoms with Crippen molar-refractivity contribution >= 4 is 17.7 Å². The third kappa shape index (κ3) is 4.19. The van der Waals surface area contributed by atoms with Gasteiger partial charge in [-0.1, -0.05) is 0 Å². The van der Waals surface area contributed by atoms with Crippen molar-refractivity contribution in [2.45, 2.75) is 67.2 Å². The highest BCUT2D eigenvalue weighted by molar-refractivity contribution is 7.99. The molecule has 0 saturated carbocycles. The number of rotatable bonds is 4. The molecule has 154 valence electrons. The molecule has 4 fully saturated rings. The van der Waals surface area contributed by atoms with Crippen LogP contribution in [-0.4, -0.2) is 53.6 Å². The Labute approximate surface area is 167 Å². The lowest BCUT2D eigenvalue weighted by Gasteiger charge is -2.49. The molecule has 5 rings (SSSR count). The monoisotopic (exact) mass is 413 g/mol. The maximum Gasteiger partial charge on any atom is 0.403 e. The van der Waals surface area contributed by atoms with E-state index in [-0.39, 0.29) is 23.7 Å². The summed E-state index contributed by atoms with van der Waals surface area (Å²) in [6.45, 7) is 4.42. The van der Waals surface area contributed by atoms with Gasteiger partial charge in [0.15, 0.2) is 0 Å². The third-order valence-corrected chi connectivity index (χ3v) is 7.57. The number of amides is 1. The van der Waals surface area contributed by atoms with Gasteiger partial charge >= 0.3 is 6.18 Å². The second-order valence-electron chi connectivity index (χ2n) is 8.08. The predicted molar refractivity (Wildman–Crippen MR) is 103 cm³/mol. The Morgan fingerprint density at radius 2 is 1.82 bits per heavy atom. The SMILES string of the molecule is C[C@H]1[C@H](NC(=O)c2ccc(SC3CCC(C(F)(F)F)N3)cc2)C2CCN1CC2. The number of benzene rings is 1. The van der Waals surface area contributed by atoms with Gasteiger partial charge in [0.1, 0.15) is 6.04 Å². The molecule has 8 heteroatoms. The van der Waals surface area contributed by atoms with Crippen molar-refractivity contribution in [3.63, 3.8) is 0 Å². The molecule has 4 aliphatic heterocycles. The van der Waals surface area contributed by atoms with E-state index in [9.17, 15) is 18.0 Å². The number of fused-ring (bicyclic) bond motifs is 3. The summed E-state index contributed by atoms with van der Waals surface area (Å²) in [4.78, 5) is 16.0. The number of nitrogens with zero attached hydrogens (tertiary/aromatic N) is 1. The van der Waals surface area contributed by atoms with E-state index in [1.165, 1.54) is 11.8 Å². The highest BCUT2D eigenvalue weighted by Crippen LogP contribution is 2.35. The van der Waals surface area contributed by atoms with Gasteiger partial charge in [-0.2, -0.15) is 13.2 Å². The van der Waals surface area contributed by atoms with Crippen LogP contribution in [0, 0.1) is 5.92 Å². The van der Waals surface area contributed by atoms with Crippen LogP contribution in [0.15, 0.2) is 29.2 Å². The summed E-state index contributed by atoms with van der Waals surface area (Å²) in [5.41, 5.74) is 0.598. The zero-order valence-corrected chi connectivity index (χ0v) is 16.7. The topological polar surface area (TPSA) is 44.4 Å². The van der Waals surface area contributed by atoms with Gasteiger partial charge in [-0.3, -0.25) is 15.0 Å². The molecule has 4 atom stereocenters. The van der Waals surface area contributed by atoms with E-state index in [0.717, 1.165) is 30.8 Å². The first-order valence-electron chi connectivity index (χ1n) is 9.95. The fraction of sp³-hybridized carbons (Fsp3) is 0.650. The van der Waals surface area contributed by atoms with Gasteiger partial charge in [0.05, 0.1) is 5.37 Å². The van der Waals surface area contributed by atoms with Crippen LogP contribution in [0.2, 0.25) is 0 Å². The quantitative estimate of drug-likeness (QED) is 0.791. The van der Waals surface area contributed by atoms with E-state index in [0.29, 0.717) is 23.9 Å². The molecule has 0 aromatic heterocycles. The van der Waals surface area contributed by atoms with Crippen molar-refractivity contribution in [2.24, 2.45) is 5.92 Å². The van der Waals surface area contributed by atoms with Crippen molar-refractivity contribution in [2.75, 3.05) is 13.1 Å². The van der Waals surface area contributed by atoms with Gasteiger partial charge in [-0.05, 0) is 75.9 Å². The zero-order valence-electron chi connectivity index (χ0n) is 15.8. The van der Waals surface area contributed by atoms with E-state index < -0.39 is 12.2 Å². The summed E-state index contributed by atoms with van der Waals surface area (Å²) in [5.74, 6) is 0.479. The normalized spacial score (nSPS) is 35.1. The van der Waals surface area contributed by atoms with E-state index in [1.54, 1.807) is 12.1 Å². The second kappa shape index (κ2) is 7.88. The first-order valence-corrected chi connectivity index (χ1v) is 10.8. The number of alkyl halides is 3. The summed E-state index contributed by atoms with van der Waals surface area (Å²) >= 11 is 1.39. The number of thioether (sulfide) groups is 1. The number of hydrogen-bond donors (Lipinski definition) is 2. The summed E-state index contributed by atoms with van der Waals surface area (Å²) in [5, 5.41) is 5.60. The van der Waals surface area contributed by atoms with Crippen LogP contribution >= 0.6 is 11.8 Å². The molecule has 4 saturated heterocycles. The Kier molecular flexibility index (Phi) is 5.64. The van der Waals surface area contributed by atoms with Crippen molar-refractivity contribution in [1.29, 1.82) is 0 Å². The fourth-order valence-corrected chi connectivity index (χ4v) is 5.80. The first-order chi connectivity index (χ1) is 13.3. The first kappa shape index (κ1) is 20.0. The second-order valence-corrected chi connectivity index (χ2v) is 9.36. The van der Waals surface area contributed by atoms with E-state index in [4.69, 9.17) is 0 Å². The Bertz CT molecular complexity index is 702. The molecule has 1 aromatic carbocycles. The van der Waals surface area contributed by atoms with Crippen molar-refractivity contribution in [3.05, 3.63) is 29.8 Å².